The lowest BCUT2D eigenvalue weighted by Crippen LogP contribution is -2.30. The fourth-order valence-corrected chi connectivity index (χ4v) is 2.61. The van der Waals surface area contributed by atoms with E-state index in [4.69, 9.17) is 9.47 Å². The number of nitrogens with one attached hydrogen (secondary N) is 1. The number of carbonyl (C=O) groups is 1. The second kappa shape index (κ2) is 7.81. The molecule has 2 aromatic rings. The Morgan fingerprint density at radius 3 is 2.62 bits per heavy atom. The molecule has 0 saturated carbocycles. The van der Waals surface area contributed by atoms with Crippen molar-refractivity contribution in [1.29, 1.82) is 0 Å². The Bertz CT molecular complexity index is 551. The van der Waals surface area contributed by atoms with Gasteiger partial charge in [0.1, 0.15) is 5.75 Å². The number of hydrogen-bond acceptors (Lipinski definition) is 4. The second-order valence-corrected chi connectivity index (χ2v) is 5.41. The summed E-state index contributed by atoms with van der Waals surface area (Å²) in [6.45, 7) is 3.00. The summed E-state index contributed by atoms with van der Waals surface area (Å²) >= 11 is 1.42. The van der Waals surface area contributed by atoms with Crippen LogP contribution in [0, 0.1) is 0 Å². The molecular weight excluding hydrogens is 286 g/mol. The number of thiophene rings is 1. The molecule has 0 radical (unpaired) electrons. The predicted molar refractivity (Wildman–Crippen MR) is 84.0 cm³/mol. The number of carbonyl (C=O) groups excluding carboxylic acids is 1. The van der Waals surface area contributed by atoms with Crippen molar-refractivity contribution < 1.29 is 14.3 Å². The van der Waals surface area contributed by atoms with Crippen LogP contribution in [-0.4, -0.2) is 26.2 Å². The summed E-state index contributed by atoms with van der Waals surface area (Å²) in [5.41, 5.74) is 0.991. The van der Waals surface area contributed by atoms with Gasteiger partial charge in [-0.05, 0) is 36.1 Å². The molecule has 1 heterocycles. The molecule has 1 atom stereocenters. The van der Waals surface area contributed by atoms with Gasteiger partial charge in [-0.3, -0.25) is 4.79 Å². The van der Waals surface area contributed by atoms with Crippen LogP contribution < -0.4 is 10.1 Å². The maximum absolute atomic E-state index is 12.2. The molecule has 0 aliphatic rings. The number of hydrogen-bond donors (Lipinski definition) is 1. The number of methoxy groups -OCH3 is 1. The van der Waals surface area contributed by atoms with Crippen molar-refractivity contribution in [3.63, 3.8) is 0 Å². The number of amides is 1. The lowest BCUT2D eigenvalue weighted by Gasteiger charge is -2.18. The maximum atomic E-state index is 12.2. The van der Waals surface area contributed by atoms with Gasteiger partial charge in [-0.1, -0.05) is 18.2 Å². The Kier molecular flexibility index (Phi) is 5.78. The van der Waals surface area contributed by atoms with Crippen molar-refractivity contribution in [3.8, 4) is 5.75 Å². The van der Waals surface area contributed by atoms with Crippen molar-refractivity contribution in [2.45, 2.75) is 13.0 Å². The second-order valence-electron chi connectivity index (χ2n) is 4.46. The van der Waals surface area contributed by atoms with E-state index in [1.807, 2.05) is 48.7 Å². The molecule has 1 unspecified atom stereocenters. The molecule has 0 bridgehead atoms. The largest absolute Gasteiger partial charge is 0.494 e. The highest BCUT2D eigenvalue weighted by molar-refractivity contribution is 7.12. The number of benzene rings is 1. The molecule has 1 N–H and O–H groups in total. The molecule has 0 spiro atoms. The van der Waals surface area contributed by atoms with Gasteiger partial charge >= 0.3 is 0 Å². The summed E-state index contributed by atoms with van der Waals surface area (Å²) in [5, 5.41) is 4.88. The van der Waals surface area contributed by atoms with E-state index in [2.05, 4.69) is 5.32 Å². The summed E-state index contributed by atoms with van der Waals surface area (Å²) in [4.78, 5) is 12.8. The average Bonchev–Trinajstić information content (AvgIpc) is 3.02. The molecule has 21 heavy (non-hydrogen) atoms. The number of ether oxygens (including phenoxy) is 2. The van der Waals surface area contributed by atoms with Crippen molar-refractivity contribution in [1.82, 2.24) is 5.32 Å². The highest BCUT2D eigenvalue weighted by Crippen LogP contribution is 2.19. The first-order chi connectivity index (χ1) is 10.2. The van der Waals surface area contributed by atoms with E-state index < -0.39 is 0 Å². The van der Waals surface area contributed by atoms with Crippen LogP contribution in [0.3, 0.4) is 0 Å². The van der Waals surface area contributed by atoms with Gasteiger partial charge in [0.2, 0.25) is 0 Å². The van der Waals surface area contributed by atoms with Crippen molar-refractivity contribution in [2.75, 3.05) is 20.3 Å². The zero-order valence-electron chi connectivity index (χ0n) is 12.2. The highest BCUT2D eigenvalue weighted by Gasteiger charge is 2.16. The van der Waals surface area contributed by atoms with Crippen LogP contribution in [-0.2, 0) is 4.74 Å². The van der Waals surface area contributed by atoms with Gasteiger partial charge in [-0.25, -0.2) is 0 Å². The molecule has 0 saturated heterocycles. The first-order valence-electron chi connectivity index (χ1n) is 6.80. The number of rotatable bonds is 7. The van der Waals surface area contributed by atoms with Gasteiger partial charge in [0.15, 0.2) is 0 Å². The van der Waals surface area contributed by atoms with E-state index in [1.54, 1.807) is 7.11 Å². The van der Waals surface area contributed by atoms with Crippen molar-refractivity contribution in [3.05, 3.63) is 52.2 Å². The highest BCUT2D eigenvalue weighted by atomic mass is 32.1. The summed E-state index contributed by atoms with van der Waals surface area (Å²) in [6, 6.07) is 11.2. The molecule has 1 aromatic heterocycles. The molecule has 0 fully saturated rings. The molecule has 0 aliphatic heterocycles. The van der Waals surface area contributed by atoms with Crippen LogP contribution in [0.4, 0.5) is 0 Å². The minimum atomic E-state index is -0.180. The third kappa shape index (κ3) is 4.31. The van der Waals surface area contributed by atoms with Crippen LogP contribution in [0.5, 0.6) is 5.75 Å². The Morgan fingerprint density at radius 1 is 1.29 bits per heavy atom. The Hall–Kier alpha value is -1.85. The zero-order valence-corrected chi connectivity index (χ0v) is 13.0. The van der Waals surface area contributed by atoms with Crippen LogP contribution in [0.1, 0.15) is 28.2 Å². The van der Waals surface area contributed by atoms with Crippen LogP contribution in [0.25, 0.3) is 0 Å². The van der Waals surface area contributed by atoms with E-state index >= 15 is 0 Å². The van der Waals surface area contributed by atoms with Gasteiger partial charge in [-0.2, -0.15) is 0 Å². The van der Waals surface area contributed by atoms with Gasteiger partial charge in [0.05, 0.1) is 24.1 Å². The quantitative estimate of drug-likeness (QED) is 0.854. The van der Waals surface area contributed by atoms with Crippen LogP contribution in [0.15, 0.2) is 41.8 Å². The summed E-state index contributed by atoms with van der Waals surface area (Å²) in [5.74, 6) is 0.739. The monoisotopic (exact) mass is 305 g/mol. The molecule has 5 heteroatoms. The Balaban J connectivity index is 2.09. The van der Waals surface area contributed by atoms with Crippen molar-refractivity contribution >= 4 is 17.2 Å². The minimum absolute atomic E-state index is 0.0825. The average molecular weight is 305 g/mol. The molecule has 1 aromatic carbocycles. The third-order valence-corrected chi connectivity index (χ3v) is 3.85. The van der Waals surface area contributed by atoms with Crippen LogP contribution in [0.2, 0.25) is 0 Å². The van der Waals surface area contributed by atoms with E-state index in [0.717, 1.165) is 11.3 Å². The van der Waals surface area contributed by atoms with E-state index in [0.29, 0.717) is 18.1 Å². The van der Waals surface area contributed by atoms with Gasteiger partial charge in [-0.15, -0.1) is 11.3 Å². The van der Waals surface area contributed by atoms with E-state index in [1.165, 1.54) is 11.3 Å². The summed E-state index contributed by atoms with van der Waals surface area (Å²) in [6.07, 6.45) is 0. The smallest absolute Gasteiger partial charge is 0.261 e. The van der Waals surface area contributed by atoms with Gasteiger partial charge in [0.25, 0.3) is 5.91 Å². The fourth-order valence-electron chi connectivity index (χ4n) is 1.99. The fraction of sp³-hybridized carbons (Fsp3) is 0.312. The topological polar surface area (TPSA) is 47.6 Å². The van der Waals surface area contributed by atoms with E-state index in [9.17, 15) is 4.79 Å². The molecule has 4 nitrogen and oxygen atoms in total. The Morgan fingerprint density at radius 2 is 2.05 bits per heavy atom. The maximum Gasteiger partial charge on any atom is 0.261 e. The van der Waals surface area contributed by atoms with Crippen LogP contribution >= 0.6 is 11.3 Å². The molecule has 0 aliphatic carbocycles. The SMILES string of the molecule is CCOc1ccc(C(COC)NC(=O)c2cccs2)cc1. The normalized spacial score (nSPS) is 11.9. The standard InChI is InChI=1S/C16H19NO3S/c1-3-20-13-8-6-12(7-9-13)14(11-19-2)17-16(18)15-5-4-10-21-15/h4-10,14H,3,11H2,1-2H3,(H,17,18). The predicted octanol–water partition coefficient (Wildman–Crippen LogP) is 3.26. The molecule has 112 valence electrons. The molecule has 2 rings (SSSR count). The third-order valence-electron chi connectivity index (χ3n) is 2.98. The first kappa shape index (κ1) is 15.5. The summed E-state index contributed by atoms with van der Waals surface area (Å²) < 4.78 is 10.6. The zero-order chi connectivity index (χ0) is 15.1. The van der Waals surface area contributed by atoms with Gasteiger partial charge < -0.3 is 14.8 Å². The lowest BCUT2D eigenvalue weighted by atomic mass is 10.1. The van der Waals surface area contributed by atoms with Crippen molar-refractivity contribution in [2.24, 2.45) is 0 Å². The Labute approximate surface area is 128 Å². The van der Waals surface area contributed by atoms with E-state index in [-0.39, 0.29) is 11.9 Å². The lowest BCUT2D eigenvalue weighted by molar-refractivity contribution is 0.0900. The summed E-state index contributed by atoms with van der Waals surface area (Å²) in [7, 11) is 1.62. The minimum Gasteiger partial charge on any atom is -0.494 e. The van der Waals surface area contributed by atoms with Gasteiger partial charge in [0, 0.05) is 7.11 Å². The first-order valence-corrected chi connectivity index (χ1v) is 7.68. The molecule has 1 amide bonds. The molecular formula is C16H19NO3S.